The number of likely N-dealkylation sites (tertiary alicyclic amines) is 1. The van der Waals surface area contributed by atoms with Crippen LogP contribution in [0.2, 0.25) is 0 Å². The average molecular weight is 362 g/mol. The second kappa shape index (κ2) is 6.90. The third-order valence-electron chi connectivity index (χ3n) is 4.54. The number of piperidine rings is 1. The van der Waals surface area contributed by atoms with Crippen molar-refractivity contribution in [1.82, 2.24) is 9.47 Å². The van der Waals surface area contributed by atoms with E-state index < -0.39 is 23.9 Å². The van der Waals surface area contributed by atoms with Crippen molar-refractivity contribution in [2.45, 2.75) is 25.7 Å². The van der Waals surface area contributed by atoms with Gasteiger partial charge in [0.15, 0.2) is 0 Å². The van der Waals surface area contributed by atoms with Crippen molar-refractivity contribution in [3.63, 3.8) is 0 Å². The van der Waals surface area contributed by atoms with E-state index in [0.717, 1.165) is 4.90 Å². The molecule has 138 valence electrons. The maximum atomic E-state index is 13.7. The van der Waals surface area contributed by atoms with E-state index in [2.05, 4.69) is 0 Å². The number of rotatable bonds is 3. The van der Waals surface area contributed by atoms with Gasteiger partial charge in [0.1, 0.15) is 11.3 Å². The van der Waals surface area contributed by atoms with Crippen LogP contribution >= 0.6 is 0 Å². The van der Waals surface area contributed by atoms with Gasteiger partial charge in [-0.3, -0.25) is 14.2 Å². The molecule has 5 nitrogen and oxygen atoms in total. The summed E-state index contributed by atoms with van der Waals surface area (Å²) in [5.41, 5.74) is 0.308. The predicted molar refractivity (Wildman–Crippen MR) is 93.4 cm³/mol. The molecule has 1 fully saturated rings. The number of aryl methyl sites for hydroxylation is 1. The van der Waals surface area contributed by atoms with Gasteiger partial charge in [0, 0.05) is 19.2 Å². The molecular weight excluding hydrogens is 342 g/mol. The maximum absolute atomic E-state index is 13.7. The van der Waals surface area contributed by atoms with Gasteiger partial charge in [-0.05, 0) is 37.1 Å². The fraction of sp³-hybridized carbons (Fsp3) is 0.368. The molecule has 1 aromatic carbocycles. The number of methoxy groups -OCH3 is 1. The summed E-state index contributed by atoms with van der Waals surface area (Å²) in [5.74, 6) is -3.10. The zero-order valence-corrected chi connectivity index (χ0v) is 14.7. The summed E-state index contributed by atoms with van der Waals surface area (Å²) in [5, 5.41) is 0. The number of ether oxygens (including phenoxy) is 1. The number of halogens is 2. The summed E-state index contributed by atoms with van der Waals surface area (Å²) < 4.78 is 33.9. The van der Waals surface area contributed by atoms with E-state index in [9.17, 15) is 18.4 Å². The summed E-state index contributed by atoms with van der Waals surface area (Å²) in [6.07, 6.45) is 1.53. The number of pyridine rings is 1. The van der Waals surface area contributed by atoms with Crippen molar-refractivity contribution in [2.24, 2.45) is 0 Å². The first-order valence-corrected chi connectivity index (χ1v) is 8.37. The Labute approximate surface area is 149 Å². The Bertz CT molecular complexity index is 893. The van der Waals surface area contributed by atoms with Crippen LogP contribution in [0, 0.1) is 6.92 Å². The minimum atomic E-state index is -2.92. The summed E-state index contributed by atoms with van der Waals surface area (Å²) in [6, 6.07) is 8.54. The number of amides is 1. The molecule has 0 bridgehead atoms. The Balaban J connectivity index is 2.06. The third-order valence-corrected chi connectivity index (χ3v) is 4.54. The highest BCUT2D eigenvalue weighted by Gasteiger charge is 2.38. The Morgan fingerprint density at radius 1 is 1.23 bits per heavy atom. The maximum Gasteiger partial charge on any atom is 0.268 e. The lowest BCUT2D eigenvalue weighted by Crippen LogP contribution is -2.47. The van der Waals surface area contributed by atoms with E-state index in [1.54, 1.807) is 43.5 Å². The third kappa shape index (κ3) is 3.34. The zero-order chi connectivity index (χ0) is 18.9. The van der Waals surface area contributed by atoms with Crippen LogP contribution in [0.1, 0.15) is 28.8 Å². The van der Waals surface area contributed by atoms with Gasteiger partial charge in [0.25, 0.3) is 17.4 Å². The van der Waals surface area contributed by atoms with Gasteiger partial charge in [0.05, 0.1) is 19.3 Å². The quantitative estimate of drug-likeness (QED) is 0.843. The molecule has 2 heterocycles. The molecule has 26 heavy (non-hydrogen) atoms. The van der Waals surface area contributed by atoms with Crippen LogP contribution in [-0.2, 0) is 0 Å². The lowest BCUT2D eigenvalue weighted by molar-refractivity contribution is -0.0561. The van der Waals surface area contributed by atoms with Crippen LogP contribution in [0.15, 0.2) is 41.3 Å². The molecular formula is C19H20F2N2O3. The summed E-state index contributed by atoms with van der Waals surface area (Å²) in [7, 11) is 1.49. The van der Waals surface area contributed by atoms with Crippen LogP contribution in [0.5, 0.6) is 5.75 Å². The number of carbonyl (C=O) groups excluding carboxylic acids is 1. The molecule has 0 aliphatic carbocycles. The molecule has 1 aliphatic heterocycles. The van der Waals surface area contributed by atoms with Crippen molar-refractivity contribution >= 4 is 5.91 Å². The molecule has 0 radical (unpaired) electrons. The first-order chi connectivity index (χ1) is 12.3. The van der Waals surface area contributed by atoms with Gasteiger partial charge >= 0.3 is 0 Å². The highest BCUT2D eigenvalue weighted by molar-refractivity contribution is 5.95. The largest absolute Gasteiger partial charge is 0.495 e. The van der Waals surface area contributed by atoms with Crippen LogP contribution in [0.4, 0.5) is 8.78 Å². The smallest absolute Gasteiger partial charge is 0.268 e. The second-order valence-electron chi connectivity index (χ2n) is 6.41. The Morgan fingerprint density at radius 3 is 2.65 bits per heavy atom. The number of nitrogens with zero attached hydrogens (tertiary/aromatic N) is 2. The SMILES string of the molecule is COc1ccccc1-n1ccc(C)c(C(=O)N2CCCC(F)(F)C2)c1=O. The minimum Gasteiger partial charge on any atom is -0.495 e. The molecule has 0 spiro atoms. The van der Waals surface area contributed by atoms with Gasteiger partial charge in [-0.15, -0.1) is 0 Å². The first kappa shape index (κ1) is 18.1. The van der Waals surface area contributed by atoms with E-state index in [4.69, 9.17) is 4.74 Å². The van der Waals surface area contributed by atoms with E-state index in [1.807, 2.05) is 0 Å². The van der Waals surface area contributed by atoms with Crippen LogP contribution in [0.3, 0.4) is 0 Å². The van der Waals surface area contributed by atoms with Crippen molar-refractivity contribution in [1.29, 1.82) is 0 Å². The van der Waals surface area contributed by atoms with Crippen molar-refractivity contribution in [3.05, 3.63) is 58.0 Å². The van der Waals surface area contributed by atoms with Crippen molar-refractivity contribution in [3.8, 4) is 11.4 Å². The van der Waals surface area contributed by atoms with Crippen LogP contribution < -0.4 is 10.3 Å². The molecule has 1 aromatic heterocycles. The summed E-state index contributed by atoms with van der Waals surface area (Å²) >= 11 is 0. The highest BCUT2D eigenvalue weighted by atomic mass is 19.3. The number of para-hydroxylation sites is 2. The number of carbonyl (C=O) groups is 1. The van der Waals surface area contributed by atoms with E-state index in [0.29, 0.717) is 17.0 Å². The Kier molecular flexibility index (Phi) is 4.80. The zero-order valence-electron chi connectivity index (χ0n) is 14.7. The molecule has 1 saturated heterocycles. The molecule has 0 unspecified atom stereocenters. The fourth-order valence-corrected chi connectivity index (χ4v) is 3.20. The standard InChI is InChI=1S/C19H20F2N2O3/c1-13-8-11-23(14-6-3-4-7-15(14)26-2)18(25)16(13)17(24)22-10-5-9-19(20,21)12-22/h3-4,6-8,11H,5,9-10,12H2,1-2H3. The molecule has 2 aromatic rings. The van der Waals surface area contributed by atoms with Gasteiger partial charge in [0.2, 0.25) is 0 Å². The molecule has 3 rings (SSSR count). The molecule has 0 atom stereocenters. The number of aromatic nitrogens is 1. The normalized spacial score (nSPS) is 16.4. The number of alkyl halides is 2. The van der Waals surface area contributed by atoms with Gasteiger partial charge in [-0.2, -0.15) is 0 Å². The molecule has 0 N–H and O–H groups in total. The summed E-state index contributed by atoms with van der Waals surface area (Å²) in [6.45, 7) is 1.19. The number of hydrogen-bond acceptors (Lipinski definition) is 3. The molecule has 1 amide bonds. The van der Waals surface area contributed by atoms with Gasteiger partial charge in [-0.1, -0.05) is 12.1 Å². The number of hydrogen-bond donors (Lipinski definition) is 0. The van der Waals surface area contributed by atoms with E-state index in [-0.39, 0.29) is 24.9 Å². The summed E-state index contributed by atoms with van der Waals surface area (Å²) in [4.78, 5) is 26.9. The topological polar surface area (TPSA) is 51.5 Å². The predicted octanol–water partition coefficient (Wildman–Crippen LogP) is 3.03. The van der Waals surface area contributed by atoms with Gasteiger partial charge in [-0.25, -0.2) is 8.78 Å². The fourth-order valence-electron chi connectivity index (χ4n) is 3.20. The van der Waals surface area contributed by atoms with Crippen LogP contribution in [-0.4, -0.2) is 41.5 Å². The molecule has 7 heteroatoms. The van der Waals surface area contributed by atoms with Crippen molar-refractivity contribution < 1.29 is 18.3 Å². The molecule has 1 aliphatic rings. The lowest BCUT2D eigenvalue weighted by Gasteiger charge is -2.32. The number of benzene rings is 1. The lowest BCUT2D eigenvalue weighted by atomic mass is 10.0. The van der Waals surface area contributed by atoms with Crippen LogP contribution in [0.25, 0.3) is 5.69 Å². The highest BCUT2D eigenvalue weighted by Crippen LogP contribution is 2.27. The van der Waals surface area contributed by atoms with E-state index in [1.165, 1.54) is 11.7 Å². The second-order valence-corrected chi connectivity index (χ2v) is 6.41. The minimum absolute atomic E-state index is 0.0869. The first-order valence-electron chi connectivity index (χ1n) is 8.37. The van der Waals surface area contributed by atoms with E-state index >= 15 is 0 Å². The Morgan fingerprint density at radius 2 is 1.96 bits per heavy atom. The Hall–Kier alpha value is -2.70. The molecule has 0 saturated carbocycles. The van der Waals surface area contributed by atoms with Gasteiger partial charge < -0.3 is 9.64 Å². The monoisotopic (exact) mass is 362 g/mol. The van der Waals surface area contributed by atoms with Crippen molar-refractivity contribution in [2.75, 3.05) is 20.2 Å². The average Bonchev–Trinajstić information content (AvgIpc) is 2.61.